The van der Waals surface area contributed by atoms with Gasteiger partial charge in [-0.05, 0) is 28.1 Å². The molecule has 0 spiro atoms. The molecule has 1 aliphatic rings. The minimum absolute atomic E-state index is 0.0760. The van der Waals surface area contributed by atoms with Crippen LogP contribution in [-0.4, -0.2) is 42.4 Å². The Kier molecular flexibility index (Phi) is 5.17. The molecule has 0 unspecified atom stereocenters. The van der Waals surface area contributed by atoms with E-state index in [0.717, 1.165) is 11.0 Å². The van der Waals surface area contributed by atoms with E-state index < -0.39 is 35.3 Å². The van der Waals surface area contributed by atoms with Crippen molar-refractivity contribution in [2.75, 3.05) is 26.2 Å². The minimum atomic E-state index is -5.01. The first kappa shape index (κ1) is 18.3. The van der Waals surface area contributed by atoms with Gasteiger partial charge in [-0.15, -0.1) is 0 Å². The fourth-order valence-electron chi connectivity index (χ4n) is 2.60. The monoisotopic (exact) mass is 406 g/mol. The lowest BCUT2D eigenvalue weighted by Crippen LogP contribution is -2.49. The summed E-state index contributed by atoms with van der Waals surface area (Å²) in [6.45, 7) is 0.298. The van der Waals surface area contributed by atoms with Gasteiger partial charge in [-0.1, -0.05) is 0 Å². The highest BCUT2D eigenvalue weighted by Crippen LogP contribution is 2.48. The van der Waals surface area contributed by atoms with E-state index in [1.54, 1.807) is 0 Å². The number of phenolic OH excluding ortho intramolecular Hbond substituents is 1. The van der Waals surface area contributed by atoms with Crippen LogP contribution in [0.5, 0.6) is 5.75 Å². The Bertz CT molecular complexity index is 569. The Labute approximate surface area is 136 Å². The zero-order valence-corrected chi connectivity index (χ0v) is 13.2. The molecule has 130 valence electrons. The number of alkyl halides is 6. The second kappa shape index (κ2) is 6.48. The fraction of sp³-hybridized carbons (Fsp3) is 0.538. The highest BCUT2D eigenvalue weighted by atomic mass is 79.9. The third kappa shape index (κ3) is 3.92. The summed E-state index contributed by atoms with van der Waals surface area (Å²) in [6.07, 6.45) is -9.97. The van der Waals surface area contributed by atoms with Crippen LogP contribution in [0.3, 0.4) is 0 Å². The molecular weight excluding hydrogens is 394 g/mol. The van der Waals surface area contributed by atoms with Crippen molar-refractivity contribution in [3.8, 4) is 5.75 Å². The Balaban J connectivity index is 2.64. The Hall–Kier alpha value is -1.00. The number of rotatable bonds is 2. The summed E-state index contributed by atoms with van der Waals surface area (Å²) in [7, 11) is 0. The first-order valence-corrected chi connectivity index (χ1v) is 7.43. The van der Waals surface area contributed by atoms with Gasteiger partial charge < -0.3 is 10.4 Å². The SMILES string of the molecule is Oc1c(Br)ccc(C(F)(F)F)c1[C@@H](N1CCNCC1)C(F)(F)F. The minimum Gasteiger partial charge on any atom is -0.506 e. The van der Waals surface area contributed by atoms with E-state index in [4.69, 9.17) is 0 Å². The number of hydrogen-bond acceptors (Lipinski definition) is 3. The normalized spacial score (nSPS) is 18.9. The average molecular weight is 407 g/mol. The van der Waals surface area contributed by atoms with Crippen molar-refractivity contribution >= 4 is 15.9 Å². The quantitative estimate of drug-likeness (QED) is 0.735. The van der Waals surface area contributed by atoms with Crippen LogP contribution >= 0.6 is 15.9 Å². The molecule has 23 heavy (non-hydrogen) atoms. The lowest BCUT2D eigenvalue weighted by Gasteiger charge is -2.37. The lowest BCUT2D eigenvalue weighted by atomic mass is 9.96. The summed E-state index contributed by atoms with van der Waals surface area (Å²) in [5, 5.41) is 12.8. The molecule has 1 atom stereocenters. The summed E-state index contributed by atoms with van der Waals surface area (Å²) >= 11 is 2.79. The highest BCUT2D eigenvalue weighted by molar-refractivity contribution is 9.10. The van der Waals surface area contributed by atoms with Crippen LogP contribution in [0.25, 0.3) is 0 Å². The van der Waals surface area contributed by atoms with Crippen LogP contribution in [0.1, 0.15) is 17.2 Å². The van der Waals surface area contributed by atoms with Crippen LogP contribution in [0.4, 0.5) is 26.3 Å². The zero-order chi connectivity index (χ0) is 17.4. The maximum atomic E-state index is 13.5. The molecule has 0 bridgehead atoms. The van der Waals surface area contributed by atoms with Crippen molar-refractivity contribution in [3.63, 3.8) is 0 Å². The fourth-order valence-corrected chi connectivity index (χ4v) is 2.94. The van der Waals surface area contributed by atoms with Gasteiger partial charge in [-0.3, -0.25) is 4.90 Å². The van der Waals surface area contributed by atoms with Gasteiger partial charge in [-0.2, -0.15) is 26.3 Å². The van der Waals surface area contributed by atoms with Gasteiger partial charge in [-0.25, -0.2) is 0 Å². The number of nitrogens with zero attached hydrogens (tertiary/aromatic N) is 1. The number of nitrogens with one attached hydrogen (secondary N) is 1. The summed E-state index contributed by atoms with van der Waals surface area (Å²) in [6, 6.07) is -1.11. The molecule has 0 radical (unpaired) electrons. The number of hydrogen-bond donors (Lipinski definition) is 2. The van der Waals surface area contributed by atoms with E-state index >= 15 is 0 Å². The molecule has 1 saturated heterocycles. The van der Waals surface area contributed by atoms with E-state index in [1.807, 2.05) is 0 Å². The van der Waals surface area contributed by atoms with Crippen molar-refractivity contribution in [1.29, 1.82) is 0 Å². The predicted octanol–water partition coefficient (Wildman–Crippen LogP) is 3.68. The Morgan fingerprint density at radius 1 is 1.09 bits per heavy atom. The summed E-state index contributed by atoms with van der Waals surface area (Å²) in [5.74, 6) is -1.04. The van der Waals surface area contributed by atoms with Gasteiger partial charge in [0.15, 0.2) is 0 Å². The van der Waals surface area contributed by atoms with E-state index in [2.05, 4.69) is 21.2 Å². The van der Waals surface area contributed by atoms with Crippen LogP contribution in [0, 0.1) is 0 Å². The lowest BCUT2D eigenvalue weighted by molar-refractivity contribution is -0.191. The summed E-state index contributed by atoms with van der Waals surface area (Å²) in [4.78, 5) is 0.896. The first-order chi connectivity index (χ1) is 10.5. The first-order valence-electron chi connectivity index (χ1n) is 6.63. The maximum absolute atomic E-state index is 13.5. The third-order valence-corrected chi connectivity index (χ3v) is 4.21. The molecule has 2 N–H and O–H groups in total. The third-order valence-electron chi connectivity index (χ3n) is 3.57. The van der Waals surface area contributed by atoms with E-state index in [-0.39, 0.29) is 30.7 Å². The second-order valence-corrected chi connectivity index (χ2v) is 5.94. The molecule has 2 rings (SSSR count). The maximum Gasteiger partial charge on any atom is 0.416 e. The molecule has 1 aromatic rings. The number of piperazine rings is 1. The van der Waals surface area contributed by atoms with Crippen LogP contribution in [0.15, 0.2) is 16.6 Å². The van der Waals surface area contributed by atoms with Gasteiger partial charge in [0, 0.05) is 31.7 Å². The van der Waals surface area contributed by atoms with Crippen LogP contribution in [0.2, 0.25) is 0 Å². The van der Waals surface area contributed by atoms with Crippen LogP contribution in [-0.2, 0) is 6.18 Å². The highest BCUT2D eigenvalue weighted by Gasteiger charge is 2.50. The predicted molar refractivity (Wildman–Crippen MR) is 74.0 cm³/mol. The Morgan fingerprint density at radius 2 is 1.65 bits per heavy atom. The van der Waals surface area contributed by atoms with E-state index in [1.165, 1.54) is 0 Å². The molecule has 0 aromatic heterocycles. The van der Waals surface area contributed by atoms with Gasteiger partial charge in [0.2, 0.25) is 0 Å². The molecule has 10 heteroatoms. The van der Waals surface area contributed by atoms with Crippen molar-refractivity contribution in [3.05, 3.63) is 27.7 Å². The van der Waals surface area contributed by atoms with Crippen molar-refractivity contribution in [2.45, 2.75) is 18.4 Å². The molecule has 3 nitrogen and oxygen atoms in total. The standard InChI is InChI=1S/C13H13BrF6N2O/c14-8-2-1-7(12(15,16)17)9(10(8)23)11(13(18,19)20)22-5-3-21-4-6-22/h1-2,11,21,23H,3-6H2/t11-/m1/s1. The number of aromatic hydroxyl groups is 1. The molecule has 1 heterocycles. The summed E-state index contributed by atoms with van der Waals surface area (Å²) < 4.78 is 79.8. The van der Waals surface area contributed by atoms with Gasteiger partial charge in [0.25, 0.3) is 0 Å². The van der Waals surface area contributed by atoms with Crippen LogP contribution < -0.4 is 5.32 Å². The van der Waals surface area contributed by atoms with Gasteiger partial charge in [0.1, 0.15) is 11.8 Å². The van der Waals surface area contributed by atoms with E-state index in [0.29, 0.717) is 6.07 Å². The smallest absolute Gasteiger partial charge is 0.416 e. The molecule has 1 aliphatic heterocycles. The number of halogens is 7. The second-order valence-electron chi connectivity index (χ2n) is 5.09. The molecule has 0 saturated carbocycles. The average Bonchev–Trinajstić information content (AvgIpc) is 2.42. The van der Waals surface area contributed by atoms with Crippen molar-refractivity contribution < 1.29 is 31.4 Å². The topological polar surface area (TPSA) is 35.5 Å². The Morgan fingerprint density at radius 3 is 2.13 bits per heavy atom. The summed E-state index contributed by atoms with van der Waals surface area (Å²) in [5.41, 5.74) is -2.65. The van der Waals surface area contributed by atoms with Gasteiger partial charge in [0.05, 0.1) is 10.0 Å². The molecule has 1 fully saturated rings. The van der Waals surface area contributed by atoms with E-state index in [9.17, 15) is 31.4 Å². The number of benzene rings is 1. The molecule has 1 aromatic carbocycles. The molecule has 0 amide bonds. The number of phenols is 1. The molecular formula is C13H13BrF6N2O. The van der Waals surface area contributed by atoms with Crippen molar-refractivity contribution in [1.82, 2.24) is 10.2 Å². The molecule has 0 aliphatic carbocycles. The van der Waals surface area contributed by atoms with Crippen molar-refractivity contribution in [2.24, 2.45) is 0 Å². The largest absolute Gasteiger partial charge is 0.506 e. The zero-order valence-electron chi connectivity index (χ0n) is 11.6. The van der Waals surface area contributed by atoms with Gasteiger partial charge >= 0.3 is 12.4 Å².